The Labute approximate surface area is 182 Å². The molecule has 1 N–H and O–H groups in total. The average Bonchev–Trinajstić information content (AvgIpc) is 2.76. The van der Waals surface area contributed by atoms with Gasteiger partial charge in [-0.05, 0) is 36.7 Å². The van der Waals surface area contributed by atoms with Gasteiger partial charge in [-0.15, -0.1) is 0 Å². The SMILES string of the molecule is CCN(Cc1cccc2ccccc12)Cc1cc(=O)c(O)c2n1CCN(C(C)C)C2=O. The highest BCUT2D eigenvalue weighted by molar-refractivity contribution is 5.96. The van der Waals surface area contributed by atoms with Crippen LogP contribution < -0.4 is 5.43 Å². The van der Waals surface area contributed by atoms with Crippen molar-refractivity contribution >= 4 is 16.7 Å². The first-order valence-electron chi connectivity index (χ1n) is 10.9. The Kier molecular flexibility index (Phi) is 5.83. The predicted octanol–water partition coefficient (Wildman–Crippen LogP) is 3.59. The molecule has 1 amide bonds. The zero-order chi connectivity index (χ0) is 22.1. The molecule has 1 aliphatic heterocycles. The third kappa shape index (κ3) is 3.95. The molecular formula is C25H29N3O3. The molecule has 0 bridgehead atoms. The lowest BCUT2D eigenvalue weighted by molar-refractivity contribution is 0.0637. The van der Waals surface area contributed by atoms with Crippen molar-refractivity contribution < 1.29 is 9.90 Å². The van der Waals surface area contributed by atoms with Crippen molar-refractivity contribution in [3.63, 3.8) is 0 Å². The van der Waals surface area contributed by atoms with Crippen molar-refractivity contribution in [3.05, 3.63) is 75.7 Å². The number of fused-ring (bicyclic) bond motifs is 2. The van der Waals surface area contributed by atoms with E-state index in [9.17, 15) is 14.7 Å². The van der Waals surface area contributed by atoms with E-state index in [1.165, 1.54) is 22.4 Å². The van der Waals surface area contributed by atoms with Crippen molar-refractivity contribution in [1.82, 2.24) is 14.4 Å². The summed E-state index contributed by atoms with van der Waals surface area (Å²) in [5, 5.41) is 12.8. The largest absolute Gasteiger partial charge is 0.503 e. The molecule has 0 atom stereocenters. The molecule has 3 aromatic rings. The Balaban J connectivity index is 1.68. The fourth-order valence-corrected chi connectivity index (χ4v) is 4.41. The summed E-state index contributed by atoms with van der Waals surface area (Å²) in [5.41, 5.74) is 1.60. The molecule has 6 heteroatoms. The lowest BCUT2D eigenvalue weighted by Crippen LogP contribution is -2.46. The zero-order valence-electron chi connectivity index (χ0n) is 18.3. The lowest BCUT2D eigenvalue weighted by atomic mass is 10.0. The first-order valence-corrected chi connectivity index (χ1v) is 10.9. The van der Waals surface area contributed by atoms with E-state index in [2.05, 4.69) is 42.2 Å². The van der Waals surface area contributed by atoms with E-state index >= 15 is 0 Å². The van der Waals surface area contributed by atoms with Gasteiger partial charge in [0.2, 0.25) is 5.43 Å². The zero-order valence-corrected chi connectivity index (χ0v) is 18.3. The summed E-state index contributed by atoms with van der Waals surface area (Å²) in [6.45, 7) is 9.14. The molecule has 2 aromatic carbocycles. The second-order valence-corrected chi connectivity index (χ2v) is 8.38. The minimum Gasteiger partial charge on any atom is -0.503 e. The fraction of sp³-hybridized carbons (Fsp3) is 0.360. The number of hydrogen-bond donors (Lipinski definition) is 1. The molecule has 0 saturated carbocycles. The van der Waals surface area contributed by atoms with Gasteiger partial charge in [-0.2, -0.15) is 0 Å². The number of carbonyl (C=O) groups is 1. The highest BCUT2D eigenvalue weighted by Crippen LogP contribution is 2.25. The second-order valence-electron chi connectivity index (χ2n) is 8.38. The average molecular weight is 420 g/mol. The quantitative estimate of drug-likeness (QED) is 0.663. The number of aromatic nitrogens is 1. The van der Waals surface area contributed by atoms with E-state index in [0.717, 1.165) is 18.8 Å². The summed E-state index contributed by atoms with van der Waals surface area (Å²) in [6, 6.07) is 16.1. The van der Waals surface area contributed by atoms with Crippen LogP contribution in [-0.4, -0.2) is 44.5 Å². The molecule has 0 saturated heterocycles. The van der Waals surface area contributed by atoms with E-state index in [0.29, 0.717) is 19.6 Å². The molecule has 31 heavy (non-hydrogen) atoms. The number of carbonyl (C=O) groups excluding carboxylic acids is 1. The maximum absolute atomic E-state index is 13.0. The summed E-state index contributed by atoms with van der Waals surface area (Å²) in [5.74, 6) is -0.731. The number of aromatic hydroxyl groups is 1. The van der Waals surface area contributed by atoms with E-state index in [1.54, 1.807) is 4.90 Å². The van der Waals surface area contributed by atoms with E-state index in [-0.39, 0.29) is 17.6 Å². The maximum atomic E-state index is 13.0. The van der Waals surface area contributed by atoms with Crippen LogP contribution in [0.5, 0.6) is 5.75 Å². The fourth-order valence-electron chi connectivity index (χ4n) is 4.41. The molecule has 0 aliphatic carbocycles. The van der Waals surface area contributed by atoms with Crippen LogP contribution in [0.3, 0.4) is 0 Å². The van der Waals surface area contributed by atoms with E-state index < -0.39 is 11.2 Å². The molecule has 1 aromatic heterocycles. The third-order valence-electron chi connectivity index (χ3n) is 6.13. The third-order valence-corrected chi connectivity index (χ3v) is 6.13. The van der Waals surface area contributed by atoms with Crippen LogP contribution in [0.1, 0.15) is 42.5 Å². The van der Waals surface area contributed by atoms with Crippen molar-refractivity contribution in [2.24, 2.45) is 0 Å². The van der Waals surface area contributed by atoms with Gasteiger partial charge in [-0.3, -0.25) is 14.5 Å². The first kappa shape index (κ1) is 21.1. The topological polar surface area (TPSA) is 65.8 Å². The molecule has 1 aliphatic rings. The number of pyridine rings is 1. The predicted molar refractivity (Wildman–Crippen MR) is 122 cm³/mol. The van der Waals surface area contributed by atoms with Crippen LogP contribution in [0.25, 0.3) is 10.8 Å². The van der Waals surface area contributed by atoms with Gasteiger partial charge in [-0.1, -0.05) is 49.4 Å². The summed E-state index contributed by atoms with van der Waals surface area (Å²) < 4.78 is 1.82. The summed E-state index contributed by atoms with van der Waals surface area (Å²) in [7, 11) is 0. The van der Waals surface area contributed by atoms with Crippen LogP contribution in [-0.2, 0) is 19.6 Å². The van der Waals surface area contributed by atoms with Crippen molar-refractivity contribution in [3.8, 4) is 5.75 Å². The Hall–Kier alpha value is -3.12. The van der Waals surface area contributed by atoms with E-state index in [4.69, 9.17) is 0 Å². The number of rotatable bonds is 6. The van der Waals surface area contributed by atoms with Gasteiger partial charge in [0.15, 0.2) is 11.4 Å². The molecular weight excluding hydrogens is 390 g/mol. The smallest absolute Gasteiger partial charge is 0.274 e. The van der Waals surface area contributed by atoms with Crippen LogP contribution >= 0.6 is 0 Å². The highest BCUT2D eigenvalue weighted by Gasteiger charge is 2.31. The molecule has 2 heterocycles. The molecule has 0 fully saturated rings. The number of hydrogen-bond acceptors (Lipinski definition) is 4. The minimum absolute atomic E-state index is 0.0120. The van der Waals surface area contributed by atoms with E-state index in [1.807, 2.05) is 30.5 Å². The normalized spacial score (nSPS) is 14.0. The van der Waals surface area contributed by atoms with Crippen molar-refractivity contribution in [1.29, 1.82) is 0 Å². The maximum Gasteiger partial charge on any atom is 0.274 e. The summed E-state index contributed by atoms with van der Waals surface area (Å²) in [6.07, 6.45) is 0. The van der Waals surface area contributed by atoms with Crippen LogP contribution in [0.15, 0.2) is 53.3 Å². The Bertz CT molecular complexity index is 1180. The Morgan fingerprint density at radius 2 is 1.77 bits per heavy atom. The molecule has 162 valence electrons. The van der Waals surface area contributed by atoms with Gasteiger partial charge < -0.3 is 14.6 Å². The second kappa shape index (κ2) is 8.55. The standard InChI is InChI=1S/C25H29N3O3/c1-4-26(15-19-10-7-9-18-8-5-6-11-21(18)19)16-20-14-22(29)24(30)23-25(31)27(17(2)3)12-13-28(20)23/h5-11,14,17,30H,4,12-13,15-16H2,1-3H3. The Morgan fingerprint density at radius 1 is 1.03 bits per heavy atom. The molecule has 0 unspecified atom stereocenters. The van der Waals surface area contributed by atoms with Gasteiger partial charge in [0.25, 0.3) is 5.91 Å². The van der Waals surface area contributed by atoms with Crippen molar-refractivity contribution in [2.75, 3.05) is 13.1 Å². The number of amides is 1. The van der Waals surface area contributed by atoms with Crippen molar-refractivity contribution in [2.45, 2.75) is 46.4 Å². The van der Waals surface area contributed by atoms with Gasteiger partial charge in [0.05, 0.1) is 0 Å². The van der Waals surface area contributed by atoms with Gasteiger partial charge in [0, 0.05) is 44.0 Å². The van der Waals surface area contributed by atoms with Gasteiger partial charge in [-0.25, -0.2) is 0 Å². The Morgan fingerprint density at radius 3 is 2.52 bits per heavy atom. The van der Waals surface area contributed by atoms with Crippen LogP contribution in [0, 0.1) is 0 Å². The van der Waals surface area contributed by atoms with Crippen LogP contribution in [0.2, 0.25) is 0 Å². The summed E-state index contributed by atoms with van der Waals surface area (Å²) in [4.78, 5) is 29.4. The molecule has 0 radical (unpaired) electrons. The molecule has 4 rings (SSSR count). The monoisotopic (exact) mass is 419 g/mol. The lowest BCUT2D eigenvalue weighted by Gasteiger charge is -2.35. The number of benzene rings is 2. The molecule has 0 spiro atoms. The highest BCUT2D eigenvalue weighted by atomic mass is 16.3. The van der Waals surface area contributed by atoms with Crippen LogP contribution in [0.4, 0.5) is 0 Å². The minimum atomic E-state index is -0.499. The van der Waals surface area contributed by atoms with Gasteiger partial charge in [0.1, 0.15) is 0 Å². The van der Waals surface area contributed by atoms with Gasteiger partial charge >= 0.3 is 0 Å². The summed E-state index contributed by atoms with van der Waals surface area (Å²) >= 11 is 0. The molecule has 6 nitrogen and oxygen atoms in total. The first-order chi connectivity index (χ1) is 14.9. The number of nitrogens with zero attached hydrogens (tertiary/aromatic N) is 3.